The smallest absolute Gasteiger partial charge is 0.0534 e. The molecule has 0 unspecified atom stereocenters. The van der Waals surface area contributed by atoms with Gasteiger partial charge in [-0.05, 0) is 30.7 Å². The largest absolute Gasteiger partial charge is 0.312 e. The molecule has 0 aliphatic heterocycles. The van der Waals surface area contributed by atoms with Gasteiger partial charge < -0.3 is 5.32 Å². The standard InChI is InChI=1S/C14H27N3/c1-12(2)10-14(11-13(3)4)15-7-9-17-8-5-6-16-17/h5-6,8,12-15H,7,9-11H2,1-4H3. The van der Waals surface area contributed by atoms with Crippen LogP contribution in [-0.4, -0.2) is 22.4 Å². The highest BCUT2D eigenvalue weighted by atomic mass is 15.3. The lowest BCUT2D eigenvalue weighted by molar-refractivity contribution is 0.352. The minimum absolute atomic E-state index is 0.644. The second kappa shape index (κ2) is 7.49. The maximum absolute atomic E-state index is 4.21. The highest BCUT2D eigenvalue weighted by molar-refractivity contribution is 4.78. The van der Waals surface area contributed by atoms with Gasteiger partial charge in [0.2, 0.25) is 0 Å². The topological polar surface area (TPSA) is 29.9 Å². The fraction of sp³-hybridized carbons (Fsp3) is 0.786. The van der Waals surface area contributed by atoms with Gasteiger partial charge in [-0.2, -0.15) is 5.10 Å². The predicted molar refractivity (Wildman–Crippen MR) is 72.9 cm³/mol. The molecule has 0 atom stereocenters. The van der Waals surface area contributed by atoms with E-state index in [1.807, 2.05) is 23.1 Å². The molecule has 3 heteroatoms. The first kappa shape index (κ1) is 14.2. The van der Waals surface area contributed by atoms with Crippen LogP contribution in [0.25, 0.3) is 0 Å². The summed E-state index contributed by atoms with van der Waals surface area (Å²) >= 11 is 0. The maximum atomic E-state index is 4.21. The lowest BCUT2D eigenvalue weighted by Crippen LogP contribution is -2.34. The lowest BCUT2D eigenvalue weighted by Gasteiger charge is -2.22. The molecule has 17 heavy (non-hydrogen) atoms. The average Bonchev–Trinajstić information content (AvgIpc) is 2.68. The van der Waals surface area contributed by atoms with Crippen LogP contribution in [0.2, 0.25) is 0 Å². The van der Waals surface area contributed by atoms with Crippen LogP contribution >= 0.6 is 0 Å². The van der Waals surface area contributed by atoms with Gasteiger partial charge in [-0.15, -0.1) is 0 Å². The predicted octanol–water partition coefficient (Wildman–Crippen LogP) is 2.93. The highest BCUT2D eigenvalue weighted by Gasteiger charge is 2.11. The minimum atomic E-state index is 0.644. The second-order valence-electron chi connectivity index (χ2n) is 5.68. The Morgan fingerprint density at radius 3 is 2.24 bits per heavy atom. The van der Waals surface area contributed by atoms with Gasteiger partial charge >= 0.3 is 0 Å². The molecule has 1 heterocycles. The molecule has 0 bridgehead atoms. The summed E-state index contributed by atoms with van der Waals surface area (Å²) in [5.74, 6) is 1.52. The fourth-order valence-electron chi connectivity index (χ4n) is 2.22. The summed E-state index contributed by atoms with van der Waals surface area (Å²) in [6.45, 7) is 11.1. The lowest BCUT2D eigenvalue weighted by atomic mass is 9.96. The third-order valence-corrected chi connectivity index (χ3v) is 2.84. The Kier molecular flexibility index (Phi) is 6.27. The fourth-order valence-corrected chi connectivity index (χ4v) is 2.22. The van der Waals surface area contributed by atoms with Crippen molar-refractivity contribution in [1.82, 2.24) is 15.1 Å². The molecule has 0 spiro atoms. The molecule has 0 saturated heterocycles. The molecule has 1 rings (SSSR count). The first-order chi connectivity index (χ1) is 8.08. The quantitative estimate of drug-likeness (QED) is 0.753. The number of hydrogen-bond donors (Lipinski definition) is 1. The van der Waals surface area contributed by atoms with Crippen LogP contribution < -0.4 is 5.32 Å². The molecule has 0 radical (unpaired) electrons. The first-order valence-corrected chi connectivity index (χ1v) is 6.78. The van der Waals surface area contributed by atoms with Gasteiger partial charge in [0.05, 0.1) is 6.54 Å². The Hall–Kier alpha value is -0.830. The molecule has 1 aromatic heterocycles. The number of nitrogens with zero attached hydrogens (tertiary/aromatic N) is 2. The van der Waals surface area contributed by atoms with Crippen molar-refractivity contribution in [3.05, 3.63) is 18.5 Å². The van der Waals surface area contributed by atoms with Crippen LogP contribution in [0.1, 0.15) is 40.5 Å². The number of rotatable bonds is 8. The first-order valence-electron chi connectivity index (χ1n) is 6.78. The van der Waals surface area contributed by atoms with E-state index in [-0.39, 0.29) is 0 Å². The number of aromatic nitrogens is 2. The molecule has 0 aliphatic rings. The third-order valence-electron chi connectivity index (χ3n) is 2.84. The van der Waals surface area contributed by atoms with Gasteiger partial charge in [0.15, 0.2) is 0 Å². The zero-order valence-corrected chi connectivity index (χ0v) is 11.7. The van der Waals surface area contributed by atoms with E-state index in [9.17, 15) is 0 Å². The SMILES string of the molecule is CC(C)CC(CC(C)C)NCCn1cccn1. The van der Waals surface area contributed by atoms with Crippen molar-refractivity contribution in [2.24, 2.45) is 11.8 Å². The van der Waals surface area contributed by atoms with Gasteiger partial charge in [-0.1, -0.05) is 27.7 Å². The van der Waals surface area contributed by atoms with E-state index in [0.29, 0.717) is 6.04 Å². The molecule has 98 valence electrons. The van der Waals surface area contributed by atoms with Crippen LogP contribution in [0.5, 0.6) is 0 Å². The van der Waals surface area contributed by atoms with E-state index in [2.05, 4.69) is 38.1 Å². The molecule has 0 aliphatic carbocycles. The van der Waals surface area contributed by atoms with Crippen molar-refractivity contribution in [3.63, 3.8) is 0 Å². The van der Waals surface area contributed by atoms with E-state index in [1.54, 1.807) is 0 Å². The highest BCUT2D eigenvalue weighted by Crippen LogP contribution is 2.13. The summed E-state index contributed by atoms with van der Waals surface area (Å²) in [5.41, 5.74) is 0. The zero-order chi connectivity index (χ0) is 12.7. The van der Waals surface area contributed by atoms with Crippen LogP contribution in [0, 0.1) is 11.8 Å². The Morgan fingerprint density at radius 1 is 1.12 bits per heavy atom. The molecule has 0 saturated carbocycles. The summed E-state index contributed by atoms with van der Waals surface area (Å²) in [6.07, 6.45) is 6.37. The van der Waals surface area contributed by atoms with Gasteiger partial charge in [-0.3, -0.25) is 4.68 Å². The monoisotopic (exact) mass is 237 g/mol. The normalized spacial score (nSPS) is 11.9. The molecular formula is C14H27N3. The Balaban J connectivity index is 2.27. The van der Waals surface area contributed by atoms with E-state index < -0.39 is 0 Å². The van der Waals surface area contributed by atoms with Gasteiger partial charge in [0.1, 0.15) is 0 Å². The number of hydrogen-bond acceptors (Lipinski definition) is 2. The average molecular weight is 237 g/mol. The molecule has 3 nitrogen and oxygen atoms in total. The van der Waals surface area contributed by atoms with Crippen molar-refractivity contribution < 1.29 is 0 Å². The molecule has 1 N–H and O–H groups in total. The van der Waals surface area contributed by atoms with Gasteiger partial charge in [0.25, 0.3) is 0 Å². The molecule has 0 fully saturated rings. The summed E-state index contributed by atoms with van der Waals surface area (Å²) in [4.78, 5) is 0. The summed E-state index contributed by atoms with van der Waals surface area (Å²) in [5, 5.41) is 7.87. The summed E-state index contributed by atoms with van der Waals surface area (Å²) in [7, 11) is 0. The van der Waals surface area contributed by atoms with Crippen molar-refractivity contribution in [2.75, 3.05) is 6.54 Å². The Labute approximate surface area is 106 Å². The van der Waals surface area contributed by atoms with Crippen molar-refractivity contribution in [2.45, 2.75) is 53.1 Å². The van der Waals surface area contributed by atoms with E-state index in [4.69, 9.17) is 0 Å². The second-order valence-corrected chi connectivity index (χ2v) is 5.68. The summed E-state index contributed by atoms with van der Waals surface area (Å²) in [6, 6.07) is 2.62. The van der Waals surface area contributed by atoms with Gasteiger partial charge in [0, 0.05) is 25.0 Å². The molecule has 0 aromatic carbocycles. The Morgan fingerprint density at radius 2 is 1.76 bits per heavy atom. The van der Waals surface area contributed by atoms with Crippen LogP contribution in [0.3, 0.4) is 0 Å². The van der Waals surface area contributed by atoms with Crippen LogP contribution in [0.4, 0.5) is 0 Å². The van der Waals surface area contributed by atoms with Crippen molar-refractivity contribution in [1.29, 1.82) is 0 Å². The van der Waals surface area contributed by atoms with Crippen molar-refractivity contribution in [3.8, 4) is 0 Å². The maximum Gasteiger partial charge on any atom is 0.0534 e. The van der Waals surface area contributed by atoms with Crippen LogP contribution in [-0.2, 0) is 6.54 Å². The molecule has 0 amide bonds. The van der Waals surface area contributed by atoms with E-state index in [1.165, 1.54) is 12.8 Å². The molecule has 1 aromatic rings. The van der Waals surface area contributed by atoms with Crippen molar-refractivity contribution >= 4 is 0 Å². The Bertz CT molecular complexity index is 268. The minimum Gasteiger partial charge on any atom is -0.312 e. The molecular weight excluding hydrogens is 210 g/mol. The van der Waals surface area contributed by atoms with E-state index in [0.717, 1.165) is 24.9 Å². The van der Waals surface area contributed by atoms with E-state index >= 15 is 0 Å². The zero-order valence-electron chi connectivity index (χ0n) is 11.7. The van der Waals surface area contributed by atoms with Gasteiger partial charge in [-0.25, -0.2) is 0 Å². The summed E-state index contributed by atoms with van der Waals surface area (Å²) < 4.78 is 1.98. The number of nitrogens with one attached hydrogen (secondary N) is 1. The van der Waals surface area contributed by atoms with Crippen LogP contribution in [0.15, 0.2) is 18.5 Å². The third kappa shape index (κ3) is 6.47.